The Labute approximate surface area is 352 Å². The smallest absolute Gasteiger partial charge is 0.0468 e. The van der Waals surface area contributed by atoms with Crippen LogP contribution in [0.1, 0.15) is 11.1 Å². The molecule has 0 heterocycles. The van der Waals surface area contributed by atoms with Crippen LogP contribution in [-0.4, -0.2) is 0 Å². The maximum atomic E-state index is 2.35. The summed E-state index contributed by atoms with van der Waals surface area (Å²) in [5.41, 5.74) is 13.8. The molecule has 0 spiro atoms. The van der Waals surface area contributed by atoms with Crippen LogP contribution >= 0.6 is 0 Å². The molecule has 0 saturated heterocycles. The van der Waals surface area contributed by atoms with E-state index in [4.69, 9.17) is 0 Å². The number of nitrogens with zero attached hydrogens (tertiary/aromatic N) is 2. The second-order valence-corrected chi connectivity index (χ2v) is 15.1. The average molecular weight is 767 g/mol. The molecule has 0 saturated carbocycles. The lowest BCUT2D eigenvalue weighted by atomic mass is 10.0. The summed E-state index contributed by atoms with van der Waals surface area (Å²) >= 11 is 0. The Morgan fingerprint density at radius 2 is 0.500 bits per heavy atom. The molecule has 0 aromatic heterocycles. The Kier molecular flexibility index (Phi) is 10.0. The van der Waals surface area contributed by atoms with Crippen molar-refractivity contribution in [1.82, 2.24) is 0 Å². The summed E-state index contributed by atoms with van der Waals surface area (Å²) in [5, 5.41) is 4.92. The van der Waals surface area contributed by atoms with Crippen LogP contribution < -0.4 is 9.80 Å². The third-order valence-corrected chi connectivity index (χ3v) is 11.2. The van der Waals surface area contributed by atoms with Gasteiger partial charge in [0, 0.05) is 34.1 Å². The molecule has 0 unspecified atom stereocenters. The molecule has 10 aromatic carbocycles. The summed E-state index contributed by atoms with van der Waals surface area (Å²) < 4.78 is 0. The van der Waals surface area contributed by atoms with Crippen molar-refractivity contribution >= 4 is 67.8 Å². The molecule has 0 N–H and O–H groups in total. The predicted octanol–water partition coefficient (Wildman–Crippen LogP) is 16.4. The summed E-state index contributed by atoms with van der Waals surface area (Å²) in [6.07, 6.45) is 4.37. The van der Waals surface area contributed by atoms with Crippen molar-refractivity contribution in [2.75, 3.05) is 9.80 Å². The normalized spacial score (nSPS) is 11.3. The summed E-state index contributed by atoms with van der Waals surface area (Å²) in [4.78, 5) is 4.64. The molecule has 2 nitrogen and oxygen atoms in total. The van der Waals surface area contributed by atoms with Crippen molar-refractivity contribution in [3.63, 3.8) is 0 Å². The van der Waals surface area contributed by atoms with Crippen molar-refractivity contribution in [2.24, 2.45) is 0 Å². The summed E-state index contributed by atoms with van der Waals surface area (Å²) in [7, 11) is 0. The lowest BCUT2D eigenvalue weighted by Crippen LogP contribution is -2.09. The van der Waals surface area contributed by atoms with E-state index in [2.05, 4.69) is 265 Å². The van der Waals surface area contributed by atoms with Crippen molar-refractivity contribution in [3.05, 3.63) is 254 Å². The first-order chi connectivity index (χ1) is 29.7. The number of benzene rings is 10. The van der Waals surface area contributed by atoms with Gasteiger partial charge < -0.3 is 9.80 Å². The van der Waals surface area contributed by atoms with Gasteiger partial charge >= 0.3 is 0 Å². The van der Waals surface area contributed by atoms with Crippen LogP contribution in [0.4, 0.5) is 34.1 Å². The highest BCUT2D eigenvalue weighted by Crippen LogP contribution is 2.39. The third-order valence-electron chi connectivity index (χ3n) is 11.2. The van der Waals surface area contributed by atoms with Gasteiger partial charge in [0.1, 0.15) is 0 Å². The van der Waals surface area contributed by atoms with Crippen LogP contribution in [0.3, 0.4) is 0 Å². The van der Waals surface area contributed by atoms with Gasteiger partial charge in [-0.1, -0.05) is 182 Å². The van der Waals surface area contributed by atoms with Crippen LogP contribution in [0, 0.1) is 0 Å². The zero-order valence-electron chi connectivity index (χ0n) is 33.1. The molecular weight excluding hydrogens is 725 g/mol. The fourth-order valence-electron chi connectivity index (χ4n) is 8.05. The largest absolute Gasteiger partial charge is 0.311 e. The van der Waals surface area contributed by atoms with Crippen molar-refractivity contribution in [2.45, 2.75) is 0 Å². The molecule has 0 aliphatic rings. The maximum Gasteiger partial charge on any atom is 0.0468 e. The van der Waals surface area contributed by atoms with E-state index in [9.17, 15) is 0 Å². The van der Waals surface area contributed by atoms with E-state index in [1.54, 1.807) is 0 Å². The van der Waals surface area contributed by atoms with E-state index < -0.39 is 0 Å². The monoisotopic (exact) mass is 766 g/mol. The Morgan fingerprint density at radius 1 is 0.217 bits per heavy atom. The van der Waals surface area contributed by atoms with E-state index in [0.29, 0.717) is 0 Å². The summed E-state index contributed by atoms with van der Waals surface area (Å²) in [6, 6.07) is 86.9. The Balaban J connectivity index is 0.841. The van der Waals surface area contributed by atoms with Crippen molar-refractivity contribution in [1.29, 1.82) is 0 Å². The third kappa shape index (κ3) is 7.70. The molecule has 0 bridgehead atoms. The standard InChI is InChI=1S/C58H42N2/c1-3-15-53(16-4-1)59(54-17-5-2-6-18-54)55-35-29-49(30-36-55)47-25-21-43(22-26-47)19-20-44-23-27-48(28-24-44)50-31-37-56(38-32-50)60(57-39-33-45-11-7-9-13-51(45)41-57)58-40-34-46-12-8-10-14-52(46)42-58/h1-42H/b20-19+. The molecular formula is C58H42N2. The number of anilines is 6. The lowest BCUT2D eigenvalue weighted by molar-refractivity contribution is 1.28. The van der Waals surface area contributed by atoms with E-state index in [0.717, 1.165) is 45.3 Å². The van der Waals surface area contributed by atoms with Gasteiger partial charge in [0.05, 0.1) is 0 Å². The molecule has 0 fully saturated rings. The molecule has 60 heavy (non-hydrogen) atoms. The Morgan fingerprint density at radius 3 is 0.883 bits per heavy atom. The van der Waals surface area contributed by atoms with Gasteiger partial charge in [0.15, 0.2) is 0 Å². The van der Waals surface area contributed by atoms with Crippen molar-refractivity contribution < 1.29 is 0 Å². The first kappa shape index (κ1) is 36.4. The number of hydrogen-bond acceptors (Lipinski definition) is 2. The van der Waals surface area contributed by atoms with Gasteiger partial charge in [-0.25, -0.2) is 0 Å². The summed E-state index contributed by atoms with van der Waals surface area (Å²) in [6.45, 7) is 0. The van der Waals surface area contributed by atoms with Crippen molar-refractivity contribution in [3.8, 4) is 22.3 Å². The van der Waals surface area contributed by atoms with E-state index in [-0.39, 0.29) is 0 Å². The second-order valence-electron chi connectivity index (χ2n) is 15.1. The predicted molar refractivity (Wildman–Crippen MR) is 257 cm³/mol. The van der Waals surface area contributed by atoms with Gasteiger partial charge in [-0.3, -0.25) is 0 Å². The van der Waals surface area contributed by atoms with Gasteiger partial charge in [0.25, 0.3) is 0 Å². The molecule has 2 heteroatoms. The number of para-hydroxylation sites is 2. The molecule has 10 rings (SSSR count). The van der Waals surface area contributed by atoms with Crippen LogP contribution in [0.5, 0.6) is 0 Å². The van der Waals surface area contributed by atoms with Crippen LogP contribution in [0.25, 0.3) is 56.0 Å². The fourth-order valence-corrected chi connectivity index (χ4v) is 8.05. The average Bonchev–Trinajstić information content (AvgIpc) is 3.32. The molecule has 0 radical (unpaired) electrons. The van der Waals surface area contributed by atoms with Gasteiger partial charge in [0.2, 0.25) is 0 Å². The topological polar surface area (TPSA) is 6.48 Å². The molecule has 10 aromatic rings. The highest BCUT2D eigenvalue weighted by Gasteiger charge is 2.15. The zero-order chi connectivity index (χ0) is 40.1. The number of fused-ring (bicyclic) bond motifs is 2. The number of hydrogen-bond donors (Lipinski definition) is 0. The summed E-state index contributed by atoms with van der Waals surface area (Å²) in [5.74, 6) is 0. The van der Waals surface area contributed by atoms with Crippen LogP contribution in [-0.2, 0) is 0 Å². The molecule has 0 atom stereocenters. The maximum absolute atomic E-state index is 2.35. The highest BCUT2D eigenvalue weighted by molar-refractivity contribution is 5.93. The molecule has 0 aliphatic carbocycles. The SMILES string of the molecule is C(=C\c1ccc(-c2ccc(N(c3ccc4ccccc4c3)c3ccc4ccccc4c3)cc2)cc1)/c1ccc(-c2ccc(N(c3ccccc3)c3ccccc3)cc2)cc1. The molecule has 0 amide bonds. The molecule has 0 aliphatic heterocycles. The fraction of sp³-hybridized carbons (Fsp3) is 0. The van der Waals surface area contributed by atoms with Gasteiger partial charge in [-0.15, -0.1) is 0 Å². The minimum Gasteiger partial charge on any atom is -0.311 e. The first-order valence-electron chi connectivity index (χ1n) is 20.5. The van der Waals surface area contributed by atoms with Crippen LogP contribution in [0.15, 0.2) is 243 Å². The minimum atomic E-state index is 1.12. The lowest BCUT2D eigenvalue weighted by Gasteiger charge is -2.26. The molecule has 284 valence electrons. The second kappa shape index (κ2) is 16.5. The highest BCUT2D eigenvalue weighted by atomic mass is 15.1. The number of rotatable bonds is 10. The van der Waals surface area contributed by atoms with E-state index >= 15 is 0 Å². The van der Waals surface area contributed by atoms with E-state index in [1.165, 1.54) is 43.8 Å². The van der Waals surface area contributed by atoms with Crippen LogP contribution in [0.2, 0.25) is 0 Å². The minimum absolute atomic E-state index is 1.12. The quantitative estimate of drug-likeness (QED) is 0.128. The Hall–Kier alpha value is -7.94. The van der Waals surface area contributed by atoms with E-state index in [1.807, 2.05) is 0 Å². The van der Waals surface area contributed by atoms with Gasteiger partial charge in [-0.2, -0.15) is 0 Å². The Bertz CT molecular complexity index is 2920. The van der Waals surface area contributed by atoms with Gasteiger partial charge in [-0.05, 0) is 128 Å². The first-order valence-corrected chi connectivity index (χ1v) is 20.5. The zero-order valence-corrected chi connectivity index (χ0v) is 33.1.